The van der Waals surface area contributed by atoms with Gasteiger partial charge in [-0.05, 0) is 6.07 Å². The molecule has 3 aromatic rings. The molecule has 2 aromatic heterocycles. The summed E-state index contributed by atoms with van der Waals surface area (Å²) in [5.41, 5.74) is 1.83. The molecule has 30 heavy (non-hydrogen) atoms. The molecule has 11 nitrogen and oxygen atoms in total. The van der Waals surface area contributed by atoms with Gasteiger partial charge in [-0.3, -0.25) is 4.57 Å². The summed E-state index contributed by atoms with van der Waals surface area (Å²) >= 11 is 0. The van der Waals surface area contributed by atoms with Crippen LogP contribution in [-0.2, 0) is 11.3 Å². The lowest BCUT2D eigenvalue weighted by molar-refractivity contribution is -0.0511. The normalized spacial score (nSPS) is 25.6. The number of imidazole rings is 1. The number of nitrogens with one attached hydrogen (secondary N) is 1. The molecule has 2 aliphatic heterocycles. The highest BCUT2D eigenvalue weighted by atomic mass is 16.6. The molecule has 1 saturated heterocycles. The standard InChI is InChI=1S/C19H21N5O6/c25-7-12-14(26)15(27)19(30-12)24-9-23-13-17(21-8-22-18(13)24)20-6-10-2-1-3-11-16(10)29-5-4-28-11/h1-3,8-9,12,14-15,19,25-27H,4-7H2,(H,20,21,22)/t12-,14-,15-,19-/m1/s1. The lowest BCUT2D eigenvalue weighted by Gasteiger charge is -2.21. The van der Waals surface area contributed by atoms with Crippen molar-refractivity contribution in [1.82, 2.24) is 19.5 Å². The summed E-state index contributed by atoms with van der Waals surface area (Å²) in [7, 11) is 0. The molecule has 158 valence electrons. The number of anilines is 1. The molecule has 1 fully saturated rings. The summed E-state index contributed by atoms with van der Waals surface area (Å²) in [6.45, 7) is 1.04. The molecule has 4 N–H and O–H groups in total. The first-order chi connectivity index (χ1) is 14.7. The van der Waals surface area contributed by atoms with Crippen molar-refractivity contribution in [3.63, 3.8) is 0 Å². The maximum atomic E-state index is 10.3. The molecule has 0 bridgehead atoms. The molecular weight excluding hydrogens is 394 g/mol. The van der Waals surface area contributed by atoms with Crippen molar-refractivity contribution in [2.24, 2.45) is 0 Å². The smallest absolute Gasteiger partial charge is 0.167 e. The number of para-hydroxylation sites is 1. The van der Waals surface area contributed by atoms with Gasteiger partial charge < -0.3 is 34.8 Å². The van der Waals surface area contributed by atoms with Crippen molar-refractivity contribution < 1.29 is 29.5 Å². The predicted octanol–water partition coefficient (Wildman–Crippen LogP) is -0.179. The average Bonchev–Trinajstić information content (AvgIpc) is 3.33. The van der Waals surface area contributed by atoms with Gasteiger partial charge in [0.25, 0.3) is 0 Å². The topological polar surface area (TPSA) is 144 Å². The van der Waals surface area contributed by atoms with Gasteiger partial charge in [-0.2, -0.15) is 0 Å². The monoisotopic (exact) mass is 415 g/mol. The number of hydrogen-bond acceptors (Lipinski definition) is 10. The van der Waals surface area contributed by atoms with Crippen LogP contribution in [-0.4, -0.2) is 73.0 Å². The molecule has 0 unspecified atom stereocenters. The minimum atomic E-state index is -1.22. The maximum Gasteiger partial charge on any atom is 0.167 e. The third-order valence-electron chi connectivity index (χ3n) is 5.24. The number of hydrogen-bond donors (Lipinski definition) is 4. The maximum absolute atomic E-state index is 10.3. The van der Waals surface area contributed by atoms with Crippen LogP contribution < -0.4 is 14.8 Å². The van der Waals surface area contributed by atoms with Crippen LogP contribution in [0.25, 0.3) is 11.2 Å². The van der Waals surface area contributed by atoms with Crippen molar-refractivity contribution in [3.05, 3.63) is 36.4 Å². The zero-order valence-electron chi connectivity index (χ0n) is 15.9. The molecule has 4 atom stereocenters. The summed E-state index contributed by atoms with van der Waals surface area (Å²) in [5, 5.41) is 32.9. The molecule has 1 aromatic carbocycles. The van der Waals surface area contributed by atoms with E-state index in [1.165, 1.54) is 17.2 Å². The van der Waals surface area contributed by atoms with E-state index in [1.807, 2.05) is 18.2 Å². The number of aromatic nitrogens is 4. The third kappa shape index (κ3) is 3.12. The zero-order chi connectivity index (χ0) is 20.7. The number of rotatable bonds is 5. The van der Waals surface area contributed by atoms with Gasteiger partial charge in [0.05, 0.1) is 12.9 Å². The van der Waals surface area contributed by atoms with Crippen LogP contribution in [0.1, 0.15) is 11.8 Å². The average molecular weight is 415 g/mol. The highest BCUT2D eigenvalue weighted by molar-refractivity contribution is 5.82. The number of fused-ring (bicyclic) bond motifs is 2. The van der Waals surface area contributed by atoms with E-state index < -0.39 is 31.1 Å². The first kappa shape index (κ1) is 19.0. The Balaban J connectivity index is 1.41. The Kier molecular flexibility index (Phi) is 4.87. The first-order valence-electron chi connectivity index (χ1n) is 9.58. The lowest BCUT2D eigenvalue weighted by Crippen LogP contribution is -2.33. The van der Waals surface area contributed by atoms with E-state index >= 15 is 0 Å². The number of aliphatic hydroxyl groups excluding tert-OH is 3. The van der Waals surface area contributed by atoms with Gasteiger partial charge in [0, 0.05) is 12.1 Å². The Morgan fingerprint density at radius 2 is 1.97 bits per heavy atom. The summed E-state index contributed by atoms with van der Waals surface area (Å²) < 4.78 is 18.5. The number of nitrogens with zero attached hydrogens (tertiary/aromatic N) is 4. The zero-order valence-corrected chi connectivity index (χ0v) is 15.9. The van der Waals surface area contributed by atoms with E-state index in [9.17, 15) is 15.3 Å². The highest BCUT2D eigenvalue weighted by Crippen LogP contribution is 2.35. The van der Waals surface area contributed by atoms with Crippen LogP contribution in [0.2, 0.25) is 0 Å². The molecule has 11 heteroatoms. The second-order valence-corrected chi connectivity index (χ2v) is 7.07. The SMILES string of the molecule is OC[C@H]1O[C@@H](n2cnc3c(NCc4cccc5c4OCCO5)ncnc32)[C@H](O)[C@@H]1O. The predicted molar refractivity (Wildman–Crippen MR) is 103 cm³/mol. The Labute approximate surface area is 170 Å². The van der Waals surface area contributed by atoms with E-state index in [2.05, 4.69) is 20.3 Å². The van der Waals surface area contributed by atoms with Gasteiger partial charge >= 0.3 is 0 Å². The minimum Gasteiger partial charge on any atom is -0.486 e. The van der Waals surface area contributed by atoms with Gasteiger partial charge in [-0.1, -0.05) is 12.1 Å². The fraction of sp³-hybridized carbons (Fsp3) is 0.421. The van der Waals surface area contributed by atoms with Gasteiger partial charge in [0.1, 0.15) is 37.9 Å². The van der Waals surface area contributed by atoms with Crippen molar-refractivity contribution in [3.8, 4) is 11.5 Å². The largest absolute Gasteiger partial charge is 0.486 e. The van der Waals surface area contributed by atoms with E-state index in [-0.39, 0.29) is 0 Å². The Morgan fingerprint density at radius 1 is 1.10 bits per heavy atom. The van der Waals surface area contributed by atoms with Crippen LogP contribution in [0, 0.1) is 0 Å². The van der Waals surface area contributed by atoms with E-state index in [4.69, 9.17) is 14.2 Å². The van der Waals surface area contributed by atoms with E-state index in [0.29, 0.717) is 48.2 Å². The van der Waals surface area contributed by atoms with Gasteiger partial charge in [-0.25, -0.2) is 15.0 Å². The Morgan fingerprint density at radius 3 is 2.80 bits per heavy atom. The minimum absolute atomic E-state index is 0.406. The second kappa shape index (κ2) is 7.69. The second-order valence-electron chi connectivity index (χ2n) is 7.07. The molecular formula is C19H21N5O6. The summed E-state index contributed by atoms with van der Waals surface area (Å²) in [6.07, 6.45) is -1.39. The first-order valence-corrected chi connectivity index (χ1v) is 9.58. The van der Waals surface area contributed by atoms with Crippen LogP contribution in [0.15, 0.2) is 30.9 Å². The van der Waals surface area contributed by atoms with Gasteiger partial charge in [0.2, 0.25) is 0 Å². The van der Waals surface area contributed by atoms with Crippen molar-refractivity contribution >= 4 is 17.0 Å². The number of aliphatic hydroxyl groups is 3. The fourth-order valence-corrected chi connectivity index (χ4v) is 3.73. The molecule has 0 amide bonds. The fourth-order valence-electron chi connectivity index (χ4n) is 3.73. The van der Waals surface area contributed by atoms with Gasteiger partial charge in [-0.15, -0.1) is 0 Å². The summed E-state index contributed by atoms with van der Waals surface area (Å²) in [4.78, 5) is 12.9. The lowest BCUT2D eigenvalue weighted by atomic mass is 10.1. The van der Waals surface area contributed by atoms with Gasteiger partial charge in [0.15, 0.2) is 34.7 Å². The van der Waals surface area contributed by atoms with Crippen LogP contribution in [0.4, 0.5) is 5.82 Å². The van der Waals surface area contributed by atoms with Crippen LogP contribution in [0.3, 0.4) is 0 Å². The highest BCUT2D eigenvalue weighted by Gasteiger charge is 2.44. The summed E-state index contributed by atoms with van der Waals surface area (Å²) in [6, 6.07) is 5.71. The molecule has 4 heterocycles. The summed E-state index contributed by atoms with van der Waals surface area (Å²) in [5.74, 6) is 1.92. The molecule has 0 radical (unpaired) electrons. The third-order valence-corrected chi connectivity index (χ3v) is 5.24. The van der Waals surface area contributed by atoms with Crippen molar-refractivity contribution in [1.29, 1.82) is 0 Å². The van der Waals surface area contributed by atoms with Crippen molar-refractivity contribution in [2.75, 3.05) is 25.1 Å². The van der Waals surface area contributed by atoms with E-state index in [0.717, 1.165) is 5.56 Å². The molecule has 2 aliphatic rings. The van der Waals surface area contributed by atoms with E-state index in [1.54, 1.807) is 0 Å². The van der Waals surface area contributed by atoms with Crippen molar-refractivity contribution in [2.45, 2.75) is 31.1 Å². The number of benzene rings is 1. The molecule has 0 spiro atoms. The Hall–Kier alpha value is -2.99. The molecule has 0 aliphatic carbocycles. The quantitative estimate of drug-likeness (QED) is 0.443. The van der Waals surface area contributed by atoms with Crippen LogP contribution in [0.5, 0.6) is 11.5 Å². The van der Waals surface area contributed by atoms with Crippen LogP contribution >= 0.6 is 0 Å². The number of ether oxygens (including phenoxy) is 3. The molecule has 5 rings (SSSR count). The Bertz CT molecular complexity index is 1060. The molecule has 0 saturated carbocycles.